The van der Waals surface area contributed by atoms with E-state index >= 15 is 0 Å². The predicted molar refractivity (Wildman–Crippen MR) is 54.5 cm³/mol. The SMILES string of the molecule is CNOS(=O)(=O)C=Cc1ccccc1. The fraction of sp³-hybridized carbons (Fsp3) is 0.111. The minimum Gasteiger partial charge on any atom is -0.193 e. The van der Waals surface area contributed by atoms with Gasteiger partial charge in [-0.25, -0.2) is 0 Å². The Bertz CT molecular complexity index is 397. The van der Waals surface area contributed by atoms with Crippen molar-refractivity contribution < 1.29 is 12.7 Å². The van der Waals surface area contributed by atoms with E-state index in [0.29, 0.717) is 0 Å². The Labute approximate surface area is 83.3 Å². The highest BCUT2D eigenvalue weighted by molar-refractivity contribution is 7.89. The van der Waals surface area contributed by atoms with E-state index in [2.05, 4.69) is 9.76 Å². The van der Waals surface area contributed by atoms with Crippen molar-refractivity contribution in [3.8, 4) is 0 Å². The third-order valence-electron chi connectivity index (χ3n) is 1.43. The number of hydrogen-bond acceptors (Lipinski definition) is 4. The van der Waals surface area contributed by atoms with E-state index in [-0.39, 0.29) is 0 Å². The predicted octanol–water partition coefficient (Wildman–Crippen LogP) is 1.14. The summed E-state index contributed by atoms with van der Waals surface area (Å²) in [6, 6.07) is 9.10. The number of hydrogen-bond donors (Lipinski definition) is 1. The molecule has 0 saturated carbocycles. The third kappa shape index (κ3) is 3.69. The van der Waals surface area contributed by atoms with Crippen LogP contribution in [0.15, 0.2) is 35.7 Å². The first-order valence-electron chi connectivity index (χ1n) is 3.97. The first-order valence-corrected chi connectivity index (χ1v) is 5.44. The molecular formula is C9H11NO3S. The second-order valence-electron chi connectivity index (χ2n) is 2.49. The zero-order chi connectivity index (χ0) is 10.4. The van der Waals surface area contributed by atoms with Crippen LogP contribution in [0.5, 0.6) is 0 Å². The van der Waals surface area contributed by atoms with Crippen LogP contribution >= 0.6 is 0 Å². The van der Waals surface area contributed by atoms with Crippen molar-refractivity contribution in [3.05, 3.63) is 41.3 Å². The van der Waals surface area contributed by atoms with Crippen LogP contribution in [0.2, 0.25) is 0 Å². The maximum absolute atomic E-state index is 11.0. The van der Waals surface area contributed by atoms with Gasteiger partial charge in [0.25, 0.3) is 0 Å². The van der Waals surface area contributed by atoms with Crippen molar-refractivity contribution in [3.63, 3.8) is 0 Å². The third-order valence-corrected chi connectivity index (χ3v) is 2.29. The number of hydroxylamine groups is 1. The molecule has 1 N–H and O–H groups in total. The van der Waals surface area contributed by atoms with Crippen LogP contribution in [0, 0.1) is 0 Å². The largest absolute Gasteiger partial charge is 0.305 e. The van der Waals surface area contributed by atoms with Crippen LogP contribution in [0.1, 0.15) is 5.56 Å². The van der Waals surface area contributed by atoms with Crippen molar-refractivity contribution in [1.82, 2.24) is 5.48 Å². The maximum atomic E-state index is 11.0. The highest BCUT2D eigenvalue weighted by Gasteiger charge is 2.03. The van der Waals surface area contributed by atoms with Crippen LogP contribution in [-0.2, 0) is 14.4 Å². The molecule has 0 bridgehead atoms. The molecule has 14 heavy (non-hydrogen) atoms. The zero-order valence-corrected chi connectivity index (χ0v) is 8.49. The van der Waals surface area contributed by atoms with E-state index in [1.165, 1.54) is 13.1 Å². The van der Waals surface area contributed by atoms with Crippen molar-refractivity contribution in [1.29, 1.82) is 0 Å². The number of benzene rings is 1. The molecule has 1 rings (SSSR count). The molecule has 0 amide bonds. The van der Waals surface area contributed by atoms with Gasteiger partial charge in [-0.15, -0.1) is 0 Å². The molecule has 0 saturated heterocycles. The van der Waals surface area contributed by atoms with Crippen LogP contribution in [0.3, 0.4) is 0 Å². The minimum atomic E-state index is -3.62. The molecule has 0 aromatic heterocycles. The summed E-state index contributed by atoms with van der Waals surface area (Å²) in [7, 11) is -2.24. The average molecular weight is 213 g/mol. The molecule has 0 atom stereocenters. The Morgan fingerprint density at radius 3 is 2.50 bits per heavy atom. The van der Waals surface area contributed by atoms with Gasteiger partial charge in [0.1, 0.15) is 0 Å². The van der Waals surface area contributed by atoms with Crippen molar-refractivity contribution >= 4 is 16.2 Å². The molecule has 76 valence electrons. The van der Waals surface area contributed by atoms with Crippen LogP contribution in [-0.4, -0.2) is 15.5 Å². The van der Waals surface area contributed by atoms with Crippen molar-refractivity contribution in [2.45, 2.75) is 0 Å². The highest BCUT2D eigenvalue weighted by atomic mass is 32.2. The molecule has 0 aliphatic rings. The lowest BCUT2D eigenvalue weighted by atomic mass is 10.2. The topological polar surface area (TPSA) is 55.4 Å². The molecule has 0 unspecified atom stereocenters. The first-order chi connectivity index (χ1) is 6.64. The van der Waals surface area contributed by atoms with Gasteiger partial charge >= 0.3 is 10.1 Å². The number of nitrogens with one attached hydrogen (secondary N) is 1. The van der Waals surface area contributed by atoms with Gasteiger partial charge < -0.3 is 0 Å². The highest BCUT2D eigenvalue weighted by Crippen LogP contribution is 2.03. The molecule has 1 aromatic carbocycles. The normalized spacial score (nSPS) is 12.1. The van der Waals surface area contributed by atoms with Crippen molar-refractivity contribution in [2.24, 2.45) is 0 Å². The van der Waals surface area contributed by atoms with E-state index in [4.69, 9.17) is 0 Å². The lowest BCUT2D eigenvalue weighted by molar-refractivity contribution is 0.236. The monoisotopic (exact) mass is 213 g/mol. The van der Waals surface area contributed by atoms with E-state index in [1.54, 1.807) is 12.1 Å². The Morgan fingerprint density at radius 1 is 1.29 bits per heavy atom. The van der Waals surface area contributed by atoms with Gasteiger partial charge in [0.15, 0.2) is 0 Å². The maximum Gasteiger partial charge on any atom is 0.305 e. The first kappa shape index (κ1) is 10.9. The van der Waals surface area contributed by atoms with Crippen LogP contribution < -0.4 is 5.48 Å². The molecule has 0 radical (unpaired) electrons. The molecule has 5 heteroatoms. The second-order valence-corrected chi connectivity index (χ2v) is 3.92. The molecule has 0 spiro atoms. The lowest BCUT2D eigenvalue weighted by Gasteiger charge is -1.96. The van der Waals surface area contributed by atoms with Crippen LogP contribution in [0.4, 0.5) is 0 Å². The van der Waals surface area contributed by atoms with Gasteiger partial charge in [-0.2, -0.15) is 18.2 Å². The molecule has 4 nitrogen and oxygen atoms in total. The quantitative estimate of drug-likeness (QED) is 0.762. The van der Waals surface area contributed by atoms with E-state index in [9.17, 15) is 8.42 Å². The van der Waals surface area contributed by atoms with Gasteiger partial charge in [0.05, 0.1) is 5.41 Å². The fourth-order valence-corrected chi connectivity index (χ4v) is 1.48. The summed E-state index contributed by atoms with van der Waals surface area (Å²) in [4.78, 5) is 0. The summed E-state index contributed by atoms with van der Waals surface area (Å²) in [6.07, 6.45) is 1.46. The van der Waals surface area contributed by atoms with Gasteiger partial charge in [0.2, 0.25) is 0 Å². The van der Waals surface area contributed by atoms with E-state index in [0.717, 1.165) is 11.0 Å². The second kappa shape index (κ2) is 4.90. The Morgan fingerprint density at radius 2 is 1.93 bits per heavy atom. The zero-order valence-electron chi connectivity index (χ0n) is 7.67. The molecule has 0 heterocycles. The summed E-state index contributed by atoms with van der Waals surface area (Å²) in [5, 5.41) is 0.999. The molecule has 0 aliphatic heterocycles. The molecular weight excluding hydrogens is 202 g/mol. The summed E-state index contributed by atoms with van der Waals surface area (Å²) >= 11 is 0. The average Bonchev–Trinajstić information content (AvgIpc) is 2.17. The number of rotatable bonds is 4. The molecule has 1 aromatic rings. The van der Waals surface area contributed by atoms with Gasteiger partial charge in [-0.05, 0) is 11.6 Å². The Kier molecular flexibility index (Phi) is 3.82. The molecule has 0 fully saturated rings. The smallest absolute Gasteiger partial charge is 0.193 e. The summed E-state index contributed by atoms with van der Waals surface area (Å²) in [5.41, 5.74) is 2.91. The van der Waals surface area contributed by atoms with Gasteiger partial charge in [-0.1, -0.05) is 30.3 Å². The van der Waals surface area contributed by atoms with E-state index < -0.39 is 10.1 Å². The van der Waals surface area contributed by atoms with Crippen molar-refractivity contribution in [2.75, 3.05) is 7.05 Å². The lowest BCUT2D eigenvalue weighted by Crippen LogP contribution is -2.12. The molecule has 0 aliphatic carbocycles. The van der Waals surface area contributed by atoms with Gasteiger partial charge in [0, 0.05) is 7.05 Å². The summed E-state index contributed by atoms with van der Waals surface area (Å²) in [6.45, 7) is 0. The van der Waals surface area contributed by atoms with Gasteiger partial charge in [-0.3, -0.25) is 0 Å². The summed E-state index contributed by atoms with van der Waals surface area (Å²) in [5.74, 6) is 0. The van der Waals surface area contributed by atoms with Crippen LogP contribution in [0.25, 0.3) is 6.08 Å². The summed E-state index contributed by atoms with van der Waals surface area (Å²) < 4.78 is 26.4. The fourth-order valence-electron chi connectivity index (χ4n) is 0.870. The minimum absolute atomic E-state index is 0.802. The van der Waals surface area contributed by atoms with E-state index in [1.807, 2.05) is 18.2 Å². The Balaban J connectivity index is 2.74. The Hall–Kier alpha value is -1.17. The standard InChI is InChI=1S/C9H11NO3S/c1-10-13-14(11,12)8-7-9-5-3-2-4-6-9/h2-8,10H,1H3.